The van der Waals surface area contributed by atoms with E-state index in [1.54, 1.807) is 13.2 Å². The molecule has 34 heavy (non-hydrogen) atoms. The third kappa shape index (κ3) is 5.33. The van der Waals surface area contributed by atoms with Gasteiger partial charge in [-0.15, -0.1) is 0 Å². The third-order valence-electron chi connectivity index (χ3n) is 6.56. The number of ether oxygens (including phenoxy) is 1. The number of hydrogen-bond acceptors (Lipinski definition) is 5. The van der Waals surface area contributed by atoms with Crippen LogP contribution < -0.4 is 20.7 Å². The first-order valence-corrected chi connectivity index (χ1v) is 11.7. The maximum atomic E-state index is 13.1. The molecule has 0 radical (unpaired) electrons. The zero-order valence-electron chi connectivity index (χ0n) is 19.7. The highest BCUT2D eigenvalue weighted by molar-refractivity contribution is 6.01. The molecule has 2 fully saturated rings. The number of H-pyrrole nitrogens is 1. The van der Waals surface area contributed by atoms with E-state index in [2.05, 4.69) is 27.0 Å². The first-order chi connectivity index (χ1) is 16.2. The molecule has 2 heterocycles. The number of aromatic amines is 1. The number of amides is 3. The Kier molecular flexibility index (Phi) is 6.51. The molecule has 1 saturated carbocycles. The average Bonchev–Trinajstić information content (AvgIpc) is 3.42. The number of carbonyl (C=O) groups is 3. The highest BCUT2D eigenvalue weighted by atomic mass is 16.5. The van der Waals surface area contributed by atoms with Crippen molar-refractivity contribution in [3.05, 3.63) is 30.0 Å². The van der Waals surface area contributed by atoms with Crippen LogP contribution in [0.25, 0.3) is 10.9 Å². The topological polar surface area (TPSA) is 136 Å². The fourth-order valence-electron chi connectivity index (χ4n) is 4.67. The monoisotopic (exact) mass is 465 g/mol. The van der Waals surface area contributed by atoms with Gasteiger partial charge in [0.2, 0.25) is 11.8 Å². The lowest BCUT2D eigenvalue weighted by Crippen LogP contribution is -2.50. The highest BCUT2D eigenvalue weighted by Crippen LogP contribution is 2.34. The molecule has 0 spiro atoms. The van der Waals surface area contributed by atoms with Crippen LogP contribution >= 0.6 is 0 Å². The first-order valence-electron chi connectivity index (χ1n) is 11.7. The van der Waals surface area contributed by atoms with Gasteiger partial charge in [-0.25, -0.2) is 0 Å². The van der Waals surface area contributed by atoms with E-state index in [1.165, 1.54) is 0 Å². The SMILES string of the molecule is COc1cccc2[nH]c(C(=O)NC(CC3CC3)C(=O)NC(C#N)CC3CC(C)(C)NC3=O)cc12. The Morgan fingerprint density at radius 3 is 2.65 bits per heavy atom. The fraction of sp³-hybridized carbons (Fsp3) is 0.520. The van der Waals surface area contributed by atoms with E-state index in [-0.39, 0.29) is 23.8 Å². The van der Waals surface area contributed by atoms with Gasteiger partial charge in [-0.1, -0.05) is 18.9 Å². The molecule has 2 aromatic rings. The molecule has 9 nitrogen and oxygen atoms in total. The second-order valence-corrected chi connectivity index (χ2v) is 10.0. The molecule has 9 heteroatoms. The smallest absolute Gasteiger partial charge is 0.268 e. The van der Waals surface area contributed by atoms with Gasteiger partial charge >= 0.3 is 0 Å². The van der Waals surface area contributed by atoms with Gasteiger partial charge in [0.25, 0.3) is 5.91 Å². The molecule has 3 atom stereocenters. The number of carbonyl (C=O) groups excluding carboxylic acids is 3. The second kappa shape index (κ2) is 9.37. The summed E-state index contributed by atoms with van der Waals surface area (Å²) in [6, 6.07) is 7.72. The maximum Gasteiger partial charge on any atom is 0.268 e. The largest absolute Gasteiger partial charge is 0.496 e. The normalized spacial score (nSPS) is 20.8. The minimum absolute atomic E-state index is 0.100. The lowest BCUT2D eigenvalue weighted by atomic mass is 9.92. The molecule has 180 valence electrons. The minimum Gasteiger partial charge on any atom is -0.496 e. The van der Waals surface area contributed by atoms with Crippen LogP contribution in [0.5, 0.6) is 5.75 Å². The number of nitriles is 1. The van der Waals surface area contributed by atoms with Gasteiger partial charge < -0.3 is 25.7 Å². The van der Waals surface area contributed by atoms with Crippen molar-refractivity contribution in [3.8, 4) is 11.8 Å². The summed E-state index contributed by atoms with van der Waals surface area (Å²) in [5.74, 6) is -0.214. The van der Waals surface area contributed by atoms with Gasteiger partial charge in [0, 0.05) is 22.4 Å². The summed E-state index contributed by atoms with van der Waals surface area (Å²) in [5.41, 5.74) is 0.765. The van der Waals surface area contributed by atoms with E-state index in [1.807, 2.05) is 32.0 Å². The fourth-order valence-corrected chi connectivity index (χ4v) is 4.67. The van der Waals surface area contributed by atoms with Crippen molar-refractivity contribution in [3.63, 3.8) is 0 Å². The average molecular weight is 466 g/mol. The molecule has 1 aromatic heterocycles. The van der Waals surface area contributed by atoms with Gasteiger partial charge in [0.1, 0.15) is 23.5 Å². The van der Waals surface area contributed by atoms with E-state index in [0.717, 1.165) is 23.7 Å². The van der Waals surface area contributed by atoms with Crippen LogP contribution in [0.3, 0.4) is 0 Å². The Labute approximate surface area is 198 Å². The molecule has 0 bridgehead atoms. The maximum absolute atomic E-state index is 13.1. The van der Waals surface area contributed by atoms with Gasteiger partial charge in [-0.05, 0) is 57.2 Å². The summed E-state index contributed by atoms with van der Waals surface area (Å²) >= 11 is 0. The summed E-state index contributed by atoms with van der Waals surface area (Å²) in [7, 11) is 1.57. The Morgan fingerprint density at radius 1 is 1.26 bits per heavy atom. The van der Waals surface area contributed by atoms with Crippen molar-refractivity contribution >= 4 is 28.6 Å². The summed E-state index contributed by atoms with van der Waals surface area (Å²) in [6.45, 7) is 3.87. The van der Waals surface area contributed by atoms with Crippen molar-refractivity contribution < 1.29 is 19.1 Å². The van der Waals surface area contributed by atoms with E-state index in [9.17, 15) is 19.6 Å². The van der Waals surface area contributed by atoms with Gasteiger partial charge in [-0.3, -0.25) is 14.4 Å². The number of nitrogens with one attached hydrogen (secondary N) is 4. The summed E-state index contributed by atoms with van der Waals surface area (Å²) in [5, 5.41) is 18.9. The summed E-state index contributed by atoms with van der Waals surface area (Å²) in [4.78, 5) is 41.4. The Morgan fingerprint density at radius 2 is 2.03 bits per heavy atom. The van der Waals surface area contributed by atoms with Crippen LogP contribution in [0.4, 0.5) is 0 Å². The number of benzene rings is 1. The van der Waals surface area contributed by atoms with Gasteiger partial charge in [0.05, 0.1) is 13.2 Å². The van der Waals surface area contributed by atoms with Crippen LogP contribution in [0.2, 0.25) is 0 Å². The van der Waals surface area contributed by atoms with E-state index >= 15 is 0 Å². The van der Waals surface area contributed by atoms with Gasteiger partial charge in [0.15, 0.2) is 0 Å². The number of methoxy groups -OCH3 is 1. The lowest BCUT2D eigenvalue weighted by molar-refractivity contribution is -0.125. The Bertz CT molecular complexity index is 1140. The molecule has 1 aliphatic heterocycles. The van der Waals surface area contributed by atoms with Crippen LogP contribution in [0.15, 0.2) is 24.3 Å². The summed E-state index contributed by atoms with van der Waals surface area (Å²) < 4.78 is 5.36. The van der Waals surface area contributed by atoms with Crippen LogP contribution in [-0.2, 0) is 9.59 Å². The van der Waals surface area contributed by atoms with Crippen molar-refractivity contribution in [2.75, 3.05) is 7.11 Å². The molecular weight excluding hydrogens is 434 g/mol. The molecule has 1 aliphatic carbocycles. The van der Waals surface area contributed by atoms with Crippen molar-refractivity contribution in [2.24, 2.45) is 11.8 Å². The number of fused-ring (bicyclic) bond motifs is 1. The van der Waals surface area contributed by atoms with E-state index in [4.69, 9.17) is 4.74 Å². The van der Waals surface area contributed by atoms with Crippen LogP contribution in [-0.4, -0.2) is 47.4 Å². The second-order valence-electron chi connectivity index (χ2n) is 10.0. The lowest BCUT2D eigenvalue weighted by Gasteiger charge is -2.21. The highest BCUT2D eigenvalue weighted by Gasteiger charge is 2.39. The molecular formula is C25H31N5O4. The third-order valence-corrected chi connectivity index (χ3v) is 6.56. The predicted octanol–water partition coefficient (Wildman–Crippen LogP) is 2.39. The minimum atomic E-state index is -0.812. The number of rotatable bonds is 9. The zero-order valence-corrected chi connectivity index (χ0v) is 19.7. The molecule has 4 N–H and O–H groups in total. The van der Waals surface area contributed by atoms with Crippen molar-refractivity contribution in [1.29, 1.82) is 5.26 Å². The van der Waals surface area contributed by atoms with Crippen LogP contribution in [0, 0.1) is 23.2 Å². The first kappa shape index (κ1) is 23.6. The standard InChI is InChI=1S/C25H31N5O4/c1-25(2)12-15(22(31)30-25)10-16(13-26)27-23(32)19(9-14-7-8-14)29-24(33)20-11-17-18(28-20)5-4-6-21(17)34-3/h4-6,11,14-16,19,28H,7-10,12H2,1-3H3,(H,27,32)(H,29,33)(H,30,31). The Hall–Kier alpha value is -3.54. The number of aromatic nitrogens is 1. The quantitative estimate of drug-likeness (QED) is 0.451. The molecule has 2 aliphatic rings. The number of nitrogens with zero attached hydrogens (tertiary/aromatic N) is 1. The number of hydrogen-bond donors (Lipinski definition) is 4. The molecule has 4 rings (SSSR count). The van der Waals surface area contributed by atoms with E-state index in [0.29, 0.717) is 30.2 Å². The molecule has 1 saturated heterocycles. The van der Waals surface area contributed by atoms with E-state index < -0.39 is 23.9 Å². The van der Waals surface area contributed by atoms with Gasteiger partial charge in [-0.2, -0.15) is 5.26 Å². The van der Waals surface area contributed by atoms with Crippen molar-refractivity contribution in [1.82, 2.24) is 20.9 Å². The molecule has 3 unspecified atom stereocenters. The predicted molar refractivity (Wildman–Crippen MR) is 126 cm³/mol. The summed E-state index contributed by atoms with van der Waals surface area (Å²) in [6.07, 6.45) is 3.39. The van der Waals surface area contributed by atoms with Crippen LogP contribution in [0.1, 0.15) is 56.4 Å². The molecule has 3 amide bonds. The Balaban J connectivity index is 1.44. The zero-order chi connectivity index (χ0) is 24.5. The molecule has 1 aromatic carbocycles. The van der Waals surface area contributed by atoms with Crippen molar-refractivity contribution in [2.45, 2.75) is 63.6 Å².